The molecule has 0 spiro atoms. The third kappa shape index (κ3) is 12.5. The molecule has 0 aliphatic carbocycles. The second-order valence-electron chi connectivity index (χ2n) is 11.6. The number of aliphatic carboxylic acids is 1. The third-order valence-electron chi connectivity index (χ3n) is 7.57. The zero-order valence-corrected chi connectivity index (χ0v) is 25.4. The van der Waals surface area contributed by atoms with E-state index in [2.05, 4.69) is 0 Å². The summed E-state index contributed by atoms with van der Waals surface area (Å²) >= 11 is 0. The average molecular weight is 604 g/mol. The Morgan fingerprint density at radius 2 is 1.57 bits per heavy atom. The topological polar surface area (TPSA) is 190 Å². The summed E-state index contributed by atoms with van der Waals surface area (Å²) in [5.41, 5.74) is 5.18. The minimum Gasteiger partial charge on any atom is -0.481 e. The highest BCUT2D eigenvalue weighted by Crippen LogP contribution is 2.29. The lowest BCUT2D eigenvalue weighted by molar-refractivity contribution is -0.280. The summed E-state index contributed by atoms with van der Waals surface area (Å²) in [4.78, 5) is 47.4. The molecule has 2 heterocycles. The van der Waals surface area contributed by atoms with Crippen LogP contribution in [0.25, 0.3) is 0 Å². The van der Waals surface area contributed by atoms with Crippen LogP contribution in [0.1, 0.15) is 92.4 Å². The summed E-state index contributed by atoms with van der Waals surface area (Å²) in [6.45, 7) is 9.20. The van der Waals surface area contributed by atoms with Gasteiger partial charge in [-0.25, -0.2) is 0 Å². The van der Waals surface area contributed by atoms with Gasteiger partial charge in [0.25, 0.3) is 0 Å². The second kappa shape index (κ2) is 17.7. The van der Waals surface area contributed by atoms with E-state index in [9.17, 15) is 24.3 Å². The number of carboxylic acids is 1. The molecule has 2 aliphatic rings. The number of carbonyl (C=O) groups is 4. The van der Waals surface area contributed by atoms with Gasteiger partial charge in [-0.2, -0.15) is 0 Å². The summed E-state index contributed by atoms with van der Waals surface area (Å²) in [7, 11) is 0. The van der Waals surface area contributed by atoms with Gasteiger partial charge in [0.1, 0.15) is 6.10 Å². The van der Waals surface area contributed by atoms with E-state index in [0.717, 1.165) is 0 Å². The lowest BCUT2D eigenvalue weighted by atomic mass is 9.97. The maximum absolute atomic E-state index is 12.8. The van der Waals surface area contributed by atoms with Gasteiger partial charge in [0.2, 0.25) is 5.91 Å². The number of carboxylic acid groups (broad SMARTS) is 1. The van der Waals surface area contributed by atoms with Crippen molar-refractivity contribution in [3.05, 3.63) is 0 Å². The quantitative estimate of drug-likeness (QED) is 0.163. The van der Waals surface area contributed by atoms with Crippen LogP contribution in [0.5, 0.6) is 0 Å². The van der Waals surface area contributed by atoms with Crippen LogP contribution in [0.2, 0.25) is 0 Å². The van der Waals surface area contributed by atoms with Gasteiger partial charge in [-0.05, 0) is 52.9 Å². The van der Waals surface area contributed by atoms with Crippen molar-refractivity contribution in [3.63, 3.8) is 0 Å². The van der Waals surface area contributed by atoms with Crippen molar-refractivity contribution in [3.8, 4) is 0 Å². The molecule has 0 saturated carbocycles. The summed E-state index contributed by atoms with van der Waals surface area (Å²) in [6.07, 6.45) is -2.52. The zero-order valence-electron chi connectivity index (χ0n) is 25.4. The van der Waals surface area contributed by atoms with E-state index < -0.39 is 72.8 Å². The predicted octanol–water partition coefficient (Wildman–Crippen LogP) is 2.44. The number of aliphatic hydroxyl groups is 1. The molecule has 2 fully saturated rings. The molecule has 0 aromatic heterocycles. The Labute approximate surface area is 247 Å². The highest BCUT2D eigenvalue weighted by atomic mass is 16.7. The van der Waals surface area contributed by atoms with Crippen molar-refractivity contribution in [2.24, 2.45) is 17.6 Å². The number of rotatable bonds is 17. The molecule has 2 aliphatic heterocycles. The van der Waals surface area contributed by atoms with Gasteiger partial charge in [0, 0.05) is 38.2 Å². The van der Waals surface area contributed by atoms with E-state index in [1.54, 1.807) is 27.7 Å². The van der Waals surface area contributed by atoms with Crippen molar-refractivity contribution in [2.45, 2.75) is 142 Å². The first kappa shape index (κ1) is 35.9. The van der Waals surface area contributed by atoms with Crippen molar-refractivity contribution in [1.82, 2.24) is 0 Å². The fraction of sp³-hybridized carbons (Fsp3) is 0.862. The van der Waals surface area contributed by atoms with Crippen molar-refractivity contribution >= 4 is 23.8 Å². The molecular formula is C29H49NO12. The molecule has 1 amide bonds. The molecular weight excluding hydrogens is 554 g/mol. The fourth-order valence-electron chi connectivity index (χ4n) is 4.77. The zero-order chi connectivity index (χ0) is 31.4. The van der Waals surface area contributed by atoms with E-state index in [1.165, 1.54) is 0 Å². The van der Waals surface area contributed by atoms with E-state index >= 15 is 0 Å². The van der Waals surface area contributed by atoms with Crippen LogP contribution in [0.3, 0.4) is 0 Å². The van der Waals surface area contributed by atoms with Gasteiger partial charge in [-0.15, -0.1) is 0 Å². The Balaban J connectivity index is 1.90. The normalized spacial score (nSPS) is 31.1. The van der Waals surface area contributed by atoms with E-state index in [-0.39, 0.29) is 50.5 Å². The minimum atomic E-state index is -0.972. The van der Waals surface area contributed by atoms with Gasteiger partial charge in [0.15, 0.2) is 18.7 Å². The van der Waals surface area contributed by atoms with Crippen LogP contribution in [0.15, 0.2) is 0 Å². The average Bonchev–Trinajstić information content (AvgIpc) is 2.91. The maximum atomic E-state index is 12.8. The molecule has 2 rings (SSSR count). The number of esters is 2. The number of primary amides is 1. The monoisotopic (exact) mass is 603 g/mol. The molecule has 10 atom stereocenters. The lowest BCUT2D eigenvalue weighted by Gasteiger charge is -2.40. The smallest absolute Gasteiger partial charge is 0.309 e. The molecule has 242 valence electrons. The molecule has 13 heteroatoms. The van der Waals surface area contributed by atoms with Crippen LogP contribution >= 0.6 is 0 Å². The third-order valence-corrected chi connectivity index (χ3v) is 7.57. The molecule has 0 aromatic rings. The number of hydrogen-bond acceptors (Lipinski definition) is 11. The van der Waals surface area contributed by atoms with Crippen molar-refractivity contribution < 1.29 is 57.8 Å². The Kier molecular flexibility index (Phi) is 15.1. The molecule has 0 aromatic carbocycles. The van der Waals surface area contributed by atoms with E-state index in [1.807, 2.05) is 6.92 Å². The Morgan fingerprint density at radius 3 is 2.24 bits per heavy atom. The molecule has 2 saturated heterocycles. The maximum Gasteiger partial charge on any atom is 0.309 e. The molecule has 0 bridgehead atoms. The first-order chi connectivity index (χ1) is 19.8. The number of nitrogens with two attached hydrogens (primary N) is 1. The first-order valence-electron chi connectivity index (χ1n) is 14.9. The largest absolute Gasteiger partial charge is 0.481 e. The highest BCUT2D eigenvalue weighted by molar-refractivity contribution is 5.76. The number of ether oxygens (including phenoxy) is 6. The van der Waals surface area contributed by atoms with Crippen LogP contribution in [-0.2, 0) is 47.6 Å². The number of unbranched alkanes of at least 4 members (excludes halogenated alkanes) is 1. The SMILES string of the molecule is CC1C[C@@H](O)C(C)O[C@H]1OCCCCC(=O)OC1C[C@@H](OC(=O)[C@H](C)CCC(N)=O)C(C)O[C@H]1O[C@H](C)CCC(=O)O. The van der Waals surface area contributed by atoms with Crippen LogP contribution in [0, 0.1) is 11.8 Å². The van der Waals surface area contributed by atoms with Gasteiger partial charge in [-0.3, -0.25) is 19.2 Å². The summed E-state index contributed by atoms with van der Waals surface area (Å²) < 4.78 is 34.8. The number of amides is 1. The molecule has 4 N–H and O–H groups in total. The standard InChI is InChI=1S/C29H49NO12/c1-16(9-11-24(30)32)27(36)42-22-15-23(29(40-20(22)5)38-18(3)10-12-25(33)34)41-26(35)8-6-7-13-37-28-17(2)14-21(31)19(4)39-28/h16-23,28-29,31H,6-15H2,1-5H3,(H2,30,32)(H,33,34)/t16-,17?,18-,19?,20?,21-,22-,23?,28-,29-/m1/s1. The fourth-order valence-corrected chi connectivity index (χ4v) is 4.77. The van der Waals surface area contributed by atoms with E-state index in [0.29, 0.717) is 25.9 Å². The number of aliphatic hydroxyl groups excluding tert-OH is 1. The van der Waals surface area contributed by atoms with Gasteiger partial charge in [-0.1, -0.05) is 13.8 Å². The Bertz CT molecular complexity index is 885. The van der Waals surface area contributed by atoms with Gasteiger partial charge < -0.3 is 44.4 Å². The number of carbonyl (C=O) groups excluding carboxylic acids is 3. The van der Waals surface area contributed by atoms with E-state index in [4.69, 9.17) is 39.3 Å². The summed E-state index contributed by atoms with van der Waals surface area (Å²) in [5, 5.41) is 18.9. The Hall–Kier alpha value is -2.32. The molecule has 13 nitrogen and oxygen atoms in total. The highest BCUT2D eigenvalue weighted by Gasteiger charge is 2.42. The molecule has 42 heavy (non-hydrogen) atoms. The lowest BCUT2D eigenvalue weighted by Crippen LogP contribution is -2.51. The van der Waals surface area contributed by atoms with Crippen LogP contribution < -0.4 is 5.73 Å². The second-order valence-corrected chi connectivity index (χ2v) is 11.6. The van der Waals surface area contributed by atoms with Gasteiger partial charge in [0.05, 0.1) is 30.3 Å². The van der Waals surface area contributed by atoms with Crippen molar-refractivity contribution in [1.29, 1.82) is 0 Å². The first-order valence-corrected chi connectivity index (χ1v) is 14.9. The number of hydrogen-bond donors (Lipinski definition) is 3. The minimum absolute atomic E-state index is 0.0529. The summed E-state index contributed by atoms with van der Waals surface area (Å²) in [5.74, 6) is -2.97. The van der Waals surface area contributed by atoms with Crippen molar-refractivity contribution in [2.75, 3.05) is 6.61 Å². The molecule has 0 radical (unpaired) electrons. The Morgan fingerprint density at radius 1 is 0.881 bits per heavy atom. The molecule has 4 unspecified atom stereocenters. The summed E-state index contributed by atoms with van der Waals surface area (Å²) in [6, 6.07) is 0. The van der Waals surface area contributed by atoms with Crippen LogP contribution in [-0.4, -0.2) is 89.8 Å². The van der Waals surface area contributed by atoms with Gasteiger partial charge >= 0.3 is 17.9 Å². The predicted molar refractivity (Wildman–Crippen MR) is 148 cm³/mol. The van der Waals surface area contributed by atoms with Crippen LogP contribution in [0.4, 0.5) is 0 Å².